The summed E-state index contributed by atoms with van der Waals surface area (Å²) in [5.74, 6) is -0.805. The van der Waals surface area contributed by atoms with E-state index >= 15 is 0 Å². The fourth-order valence-electron chi connectivity index (χ4n) is 1.25. The van der Waals surface area contributed by atoms with Gasteiger partial charge in [-0.15, -0.1) is 0 Å². The van der Waals surface area contributed by atoms with Gasteiger partial charge in [0, 0.05) is 6.54 Å². The van der Waals surface area contributed by atoms with Crippen molar-refractivity contribution in [3.8, 4) is 0 Å². The minimum absolute atomic E-state index is 0.0271. The maximum Gasteiger partial charge on any atom is 0.261 e. The number of benzene rings is 1. The first-order valence-corrected chi connectivity index (χ1v) is 6.77. The SMILES string of the molecule is NS(=O)(=O)c1ccc(NCCOCC(F)F)c(F)c1. The number of sulfonamides is 1. The summed E-state index contributed by atoms with van der Waals surface area (Å²) in [5, 5.41) is 7.42. The molecule has 1 rings (SSSR count). The van der Waals surface area contributed by atoms with Gasteiger partial charge < -0.3 is 10.1 Å². The Morgan fingerprint density at radius 1 is 1.37 bits per heavy atom. The Labute approximate surface area is 108 Å². The van der Waals surface area contributed by atoms with Gasteiger partial charge in [0.15, 0.2) is 0 Å². The van der Waals surface area contributed by atoms with Crippen molar-refractivity contribution < 1.29 is 26.3 Å². The van der Waals surface area contributed by atoms with Crippen LogP contribution in [0.3, 0.4) is 0 Å². The minimum Gasteiger partial charge on any atom is -0.380 e. The zero-order chi connectivity index (χ0) is 14.5. The summed E-state index contributed by atoms with van der Waals surface area (Å²) in [6.07, 6.45) is -2.55. The molecule has 0 fully saturated rings. The largest absolute Gasteiger partial charge is 0.380 e. The monoisotopic (exact) mass is 298 g/mol. The highest BCUT2D eigenvalue weighted by Gasteiger charge is 2.11. The summed E-state index contributed by atoms with van der Waals surface area (Å²) in [6, 6.07) is 3.11. The Balaban J connectivity index is 2.52. The van der Waals surface area contributed by atoms with Gasteiger partial charge in [0.25, 0.3) is 6.43 Å². The van der Waals surface area contributed by atoms with Crippen molar-refractivity contribution in [1.82, 2.24) is 0 Å². The molecule has 19 heavy (non-hydrogen) atoms. The van der Waals surface area contributed by atoms with E-state index in [0.29, 0.717) is 0 Å². The van der Waals surface area contributed by atoms with Gasteiger partial charge in [-0.3, -0.25) is 0 Å². The Morgan fingerprint density at radius 3 is 2.58 bits per heavy atom. The van der Waals surface area contributed by atoms with E-state index < -0.39 is 28.9 Å². The van der Waals surface area contributed by atoms with E-state index in [1.807, 2.05) is 0 Å². The zero-order valence-corrected chi connectivity index (χ0v) is 10.6. The second kappa shape index (κ2) is 6.73. The van der Waals surface area contributed by atoms with Crippen molar-refractivity contribution in [2.75, 3.05) is 25.1 Å². The van der Waals surface area contributed by atoms with E-state index in [9.17, 15) is 21.6 Å². The summed E-state index contributed by atoms with van der Waals surface area (Å²) in [6.45, 7) is -0.604. The van der Waals surface area contributed by atoms with E-state index in [2.05, 4.69) is 10.1 Å². The highest BCUT2D eigenvalue weighted by atomic mass is 32.2. The highest BCUT2D eigenvalue weighted by molar-refractivity contribution is 7.89. The summed E-state index contributed by atoms with van der Waals surface area (Å²) in [5.41, 5.74) is 0.0352. The Kier molecular flexibility index (Phi) is 5.58. The molecule has 0 atom stereocenters. The van der Waals surface area contributed by atoms with Crippen molar-refractivity contribution in [3.05, 3.63) is 24.0 Å². The van der Waals surface area contributed by atoms with Crippen molar-refractivity contribution in [3.63, 3.8) is 0 Å². The number of nitrogens with two attached hydrogens (primary N) is 1. The summed E-state index contributed by atoms with van der Waals surface area (Å²) >= 11 is 0. The molecule has 0 aromatic heterocycles. The first-order valence-electron chi connectivity index (χ1n) is 5.23. The standard InChI is InChI=1S/C10H13F3N2O3S/c11-8-5-7(19(14,16)17)1-2-9(8)15-3-4-18-6-10(12)13/h1-2,5,10,15H,3-4,6H2,(H2,14,16,17). The van der Waals surface area contributed by atoms with Gasteiger partial charge in [-0.2, -0.15) is 0 Å². The summed E-state index contributed by atoms with van der Waals surface area (Å²) in [4.78, 5) is -0.343. The van der Waals surface area contributed by atoms with Crippen LogP contribution in [0.25, 0.3) is 0 Å². The van der Waals surface area contributed by atoms with Crippen LogP contribution >= 0.6 is 0 Å². The predicted octanol–water partition coefficient (Wildman–Crippen LogP) is 1.17. The van der Waals surface area contributed by atoms with E-state index in [1.165, 1.54) is 6.07 Å². The first-order chi connectivity index (χ1) is 8.80. The zero-order valence-electron chi connectivity index (χ0n) is 9.77. The van der Waals surface area contributed by atoms with E-state index in [0.717, 1.165) is 12.1 Å². The van der Waals surface area contributed by atoms with Crippen LogP contribution in [-0.4, -0.2) is 34.6 Å². The molecule has 0 aliphatic rings. The number of nitrogens with one attached hydrogen (secondary N) is 1. The quantitative estimate of drug-likeness (QED) is 0.740. The average Bonchev–Trinajstić information content (AvgIpc) is 2.28. The lowest BCUT2D eigenvalue weighted by Gasteiger charge is -2.09. The topological polar surface area (TPSA) is 81.4 Å². The lowest BCUT2D eigenvalue weighted by Crippen LogP contribution is -2.15. The highest BCUT2D eigenvalue weighted by Crippen LogP contribution is 2.17. The van der Waals surface area contributed by atoms with Gasteiger partial charge in [-0.05, 0) is 18.2 Å². The van der Waals surface area contributed by atoms with Gasteiger partial charge >= 0.3 is 0 Å². The molecule has 3 N–H and O–H groups in total. The number of anilines is 1. The summed E-state index contributed by atoms with van der Waals surface area (Å²) < 4.78 is 63.4. The number of halogens is 3. The average molecular weight is 298 g/mol. The van der Waals surface area contributed by atoms with Crippen LogP contribution in [0.5, 0.6) is 0 Å². The second-order valence-electron chi connectivity index (χ2n) is 3.58. The van der Waals surface area contributed by atoms with Crippen LogP contribution in [0.15, 0.2) is 23.1 Å². The minimum atomic E-state index is -3.96. The van der Waals surface area contributed by atoms with Crippen LogP contribution in [0, 0.1) is 5.82 Å². The molecule has 0 amide bonds. The van der Waals surface area contributed by atoms with Gasteiger partial charge in [0.1, 0.15) is 12.4 Å². The molecular formula is C10H13F3N2O3S. The molecule has 1 aromatic carbocycles. The Morgan fingerprint density at radius 2 is 2.05 bits per heavy atom. The van der Waals surface area contributed by atoms with E-state index in [4.69, 9.17) is 5.14 Å². The van der Waals surface area contributed by atoms with E-state index in [1.54, 1.807) is 0 Å². The van der Waals surface area contributed by atoms with Crippen LogP contribution in [0.1, 0.15) is 0 Å². The maximum absolute atomic E-state index is 13.5. The van der Waals surface area contributed by atoms with Crippen LogP contribution in [-0.2, 0) is 14.8 Å². The smallest absolute Gasteiger partial charge is 0.261 e. The van der Waals surface area contributed by atoms with Crippen LogP contribution < -0.4 is 10.5 Å². The third-order valence-corrected chi connectivity index (χ3v) is 2.99. The van der Waals surface area contributed by atoms with Gasteiger partial charge in [0.2, 0.25) is 10.0 Å². The van der Waals surface area contributed by atoms with Gasteiger partial charge in [-0.1, -0.05) is 0 Å². The molecule has 0 bridgehead atoms. The second-order valence-corrected chi connectivity index (χ2v) is 5.14. The third kappa shape index (κ3) is 5.45. The predicted molar refractivity (Wildman–Crippen MR) is 63.1 cm³/mol. The van der Waals surface area contributed by atoms with Crippen molar-refractivity contribution >= 4 is 15.7 Å². The van der Waals surface area contributed by atoms with E-state index in [-0.39, 0.29) is 23.7 Å². The number of ether oxygens (including phenoxy) is 1. The Bertz CT molecular complexity index is 523. The molecule has 0 aliphatic carbocycles. The number of alkyl halides is 2. The van der Waals surface area contributed by atoms with Crippen molar-refractivity contribution in [2.45, 2.75) is 11.3 Å². The molecule has 108 valence electrons. The van der Waals surface area contributed by atoms with Crippen LogP contribution in [0.4, 0.5) is 18.9 Å². The number of hydrogen-bond acceptors (Lipinski definition) is 4. The molecule has 0 unspecified atom stereocenters. The maximum atomic E-state index is 13.5. The normalized spacial score (nSPS) is 11.8. The molecule has 0 aliphatic heterocycles. The Hall–Kier alpha value is -1.32. The molecule has 9 heteroatoms. The first kappa shape index (κ1) is 15.7. The molecule has 0 saturated heterocycles. The molecular weight excluding hydrogens is 285 g/mol. The molecule has 0 spiro atoms. The molecule has 0 radical (unpaired) electrons. The molecule has 0 heterocycles. The van der Waals surface area contributed by atoms with Crippen LogP contribution in [0.2, 0.25) is 0 Å². The number of hydrogen-bond donors (Lipinski definition) is 2. The molecule has 1 aromatic rings. The molecule has 0 saturated carbocycles. The number of rotatable bonds is 7. The number of primary sulfonamides is 1. The van der Waals surface area contributed by atoms with Gasteiger partial charge in [-0.25, -0.2) is 26.7 Å². The lowest BCUT2D eigenvalue weighted by atomic mass is 10.3. The fourth-order valence-corrected chi connectivity index (χ4v) is 1.77. The summed E-state index contributed by atoms with van der Waals surface area (Å²) in [7, 11) is -3.96. The fraction of sp³-hybridized carbons (Fsp3) is 0.400. The molecule has 5 nitrogen and oxygen atoms in total. The lowest BCUT2D eigenvalue weighted by molar-refractivity contribution is 0.0215. The third-order valence-electron chi connectivity index (χ3n) is 2.07. The van der Waals surface area contributed by atoms with Crippen molar-refractivity contribution in [2.24, 2.45) is 5.14 Å². The van der Waals surface area contributed by atoms with Crippen molar-refractivity contribution in [1.29, 1.82) is 0 Å². The van der Waals surface area contributed by atoms with Gasteiger partial charge in [0.05, 0.1) is 17.2 Å².